The average molecular weight is 267 g/mol. The highest BCUT2D eigenvalue weighted by Crippen LogP contribution is 2.06. The average Bonchev–Trinajstić information content (AvgIpc) is 2.70. The van der Waals surface area contributed by atoms with E-state index in [1.807, 2.05) is 6.92 Å². The second kappa shape index (κ2) is 6.92. The van der Waals surface area contributed by atoms with Crippen LogP contribution in [0.5, 0.6) is 0 Å². The smallest absolute Gasteiger partial charge is 0.356 e. The molecule has 0 aliphatic carbocycles. The molecule has 1 amide bonds. The monoisotopic (exact) mass is 267 g/mol. The molecule has 1 rings (SSSR count). The number of ether oxygens (including phenoxy) is 1. The van der Waals surface area contributed by atoms with Gasteiger partial charge in [-0.1, -0.05) is 13.3 Å². The van der Waals surface area contributed by atoms with Gasteiger partial charge in [0.2, 0.25) is 5.91 Å². The van der Waals surface area contributed by atoms with Crippen molar-refractivity contribution in [1.82, 2.24) is 14.9 Å². The van der Waals surface area contributed by atoms with Crippen molar-refractivity contribution in [3.05, 3.63) is 17.7 Å². The third-order valence-corrected chi connectivity index (χ3v) is 2.88. The number of nitrogens with one attached hydrogen (secondary N) is 1. The van der Waals surface area contributed by atoms with Gasteiger partial charge in [0.1, 0.15) is 18.1 Å². The Morgan fingerprint density at radius 2 is 2.21 bits per heavy atom. The minimum absolute atomic E-state index is 0.0737. The Balaban J connectivity index is 2.73. The molecule has 0 radical (unpaired) electrons. The van der Waals surface area contributed by atoms with Gasteiger partial charge < -0.3 is 14.6 Å². The summed E-state index contributed by atoms with van der Waals surface area (Å²) in [5, 5.41) is 2.89. The number of imidazole rings is 1. The summed E-state index contributed by atoms with van der Waals surface area (Å²) < 4.78 is 6.22. The van der Waals surface area contributed by atoms with Gasteiger partial charge in [-0.3, -0.25) is 4.79 Å². The maximum Gasteiger partial charge on any atom is 0.356 e. The maximum absolute atomic E-state index is 11.9. The molecule has 1 heterocycles. The highest BCUT2D eigenvalue weighted by Gasteiger charge is 2.17. The predicted molar refractivity (Wildman–Crippen MR) is 70.8 cm³/mol. The number of hydrogen-bond donors (Lipinski definition) is 1. The third-order valence-electron chi connectivity index (χ3n) is 2.88. The number of carbonyl (C=O) groups excluding carboxylic acids is 2. The summed E-state index contributed by atoms with van der Waals surface area (Å²) in [6.45, 7) is 5.85. The summed E-state index contributed by atoms with van der Waals surface area (Å²) in [4.78, 5) is 27.5. The zero-order valence-corrected chi connectivity index (χ0v) is 11.9. The van der Waals surface area contributed by atoms with E-state index in [0.29, 0.717) is 11.5 Å². The second-order valence-corrected chi connectivity index (χ2v) is 4.53. The standard InChI is InChI=1S/C13H21N3O3/c1-5-6-9(2)15-12(17)8-16-10(3)14-7-11(16)13(18)19-4/h7,9H,5-6,8H2,1-4H3,(H,15,17). The summed E-state index contributed by atoms with van der Waals surface area (Å²) in [5.74, 6) is -0.0131. The van der Waals surface area contributed by atoms with Crippen LogP contribution >= 0.6 is 0 Å². The molecule has 1 atom stereocenters. The van der Waals surface area contributed by atoms with Crippen molar-refractivity contribution in [2.75, 3.05) is 7.11 Å². The van der Waals surface area contributed by atoms with E-state index >= 15 is 0 Å². The molecule has 0 fully saturated rings. The van der Waals surface area contributed by atoms with E-state index in [9.17, 15) is 9.59 Å². The highest BCUT2D eigenvalue weighted by atomic mass is 16.5. The topological polar surface area (TPSA) is 73.2 Å². The van der Waals surface area contributed by atoms with Gasteiger partial charge in [0.15, 0.2) is 0 Å². The lowest BCUT2D eigenvalue weighted by Gasteiger charge is -2.14. The van der Waals surface area contributed by atoms with Crippen LogP contribution in [0.15, 0.2) is 6.20 Å². The van der Waals surface area contributed by atoms with Gasteiger partial charge in [-0.25, -0.2) is 9.78 Å². The molecule has 0 bridgehead atoms. The lowest BCUT2D eigenvalue weighted by atomic mass is 10.2. The Bertz CT molecular complexity index is 454. The van der Waals surface area contributed by atoms with Crippen LogP contribution in [0.2, 0.25) is 0 Å². The van der Waals surface area contributed by atoms with Gasteiger partial charge in [-0.05, 0) is 20.3 Å². The van der Waals surface area contributed by atoms with E-state index in [0.717, 1.165) is 12.8 Å². The fourth-order valence-electron chi connectivity index (χ4n) is 1.90. The molecule has 1 aromatic heterocycles. The fraction of sp³-hybridized carbons (Fsp3) is 0.615. The van der Waals surface area contributed by atoms with Gasteiger partial charge in [0.05, 0.1) is 13.3 Å². The van der Waals surface area contributed by atoms with Gasteiger partial charge in [-0.15, -0.1) is 0 Å². The molecule has 0 saturated heterocycles. The van der Waals surface area contributed by atoms with Crippen molar-refractivity contribution in [3.63, 3.8) is 0 Å². The van der Waals surface area contributed by atoms with Crippen LogP contribution in [0.4, 0.5) is 0 Å². The molecule has 1 aromatic rings. The predicted octanol–water partition coefficient (Wildman–Crippen LogP) is 1.28. The van der Waals surface area contributed by atoms with Gasteiger partial charge >= 0.3 is 5.97 Å². The van der Waals surface area contributed by atoms with E-state index < -0.39 is 5.97 Å². The van der Waals surface area contributed by atoms with Crippen LogP contribution in [0.3, 0.4) is 0 Å². The van der Waals surface area contributed by atoms with E-state index in [2.05, 4.69) is 22.0 Å². The van der Waals surface area contributed by atoms with Crippen LogP contribution in [0.25, 0.3) is 0 Å². The zero-order chi connectivity index (χ0) is 14.4. The highest BCUT2D eigenvalue weighted by molar-refractivity contribution is 5.88. The number of hydrogen-bond acceptors (Lipinski definition) is 4. The molecule has 0 spiro atoms. The van der Waals surface area contributed by atoms with Crippen molar-refractivity contribution in [3.8, 4) is 0 Å². The summed E-state index contributed by atoms with van der Waals surface area (Å²) in [5.41, 5.74) is 0.290. The first-order valence-corrected chi connectivity index (χ1v) is 6.39. The second-order valence-electron chi connectivity index (χ2n) is 4.53. The minimum atomic E-state index is -0.491. The summed E-state index contributed by atoms with van der Waals surface area (Å²) in [6.07, 6.45) is 3.36. The van der Waals surface area contributed by atoms with Crippen molar-refractivity contribution in [1.29, 1.82) is 0 Å². The lowest BCUT2D eigenvalue weighted by molar-refractivity contribution is -0.122. The maximum atomic E-state index is 11.9. The number of carbonyl (C=O) groups is 2. The van der Waals surface area contributed by atoms with Crippen molar-refractivity contribution >= 4 is 11.9 Å². The number of esters is 1. The van der Waals surface area contributed by atoms with Gasteiger partial charge in [0, 0.05) is 6.04 Å². The van der Waals surface area contributed by atoms with Crippen molar-refractivity contribution < 1.29 is 14.3 Å². The Morgan fingerprint density at radius 1 is 1.53 bits per heavy atom. The zero-order valence-electron chi connectivity index (χ0n) is 11.9. The molecule has 0 saturated carbocycles. The Morgan fingerprint density at radius 3 is 2.79 bits per heavy atom. The van der Waals surface area contributed by atoms with E-state index in [-0.39, 0.29) is 18.5 Å². The SMILES string of the molecule is CCCC(C)NC(=O)Cn1c(C(=O)OC)cnc1C. The van der Waals surface area contributed by atoms with E-state index in [1.165, 1.54) is 13.3 Å². The first-order chi connectivity index (χ1) is 8.99. The largest absolute Gasteiger partial charge is 0.464 e. The molecule has 1 N–H and O–H groups in total. The Kier molecular flexibility index (Phi) is 5.54. The van der Waals surface area contributed by atoms with Crippen LogP contribution in [-0.2, 0) is 16.1 Å². The number of rotatable bonds is 6. The summed E-state index contributed by atoms with van der Waals surface area (Å²) in [7, 11) is 1.30. The first-order valence-electron chi connectivity index (χ1n) is 6.39. The third kappa shape index (κ3) is 4.08. The van der Waals surface area contributed by atoms with E-state index in [4.69, 9.17) is 0 Å². The van der Waals surface area contributed by atoms with Crippen LogP contribution in [0.1, 0.15) is 43.0 Å². The number of aryl methyl sites for hydroxylation is 1. The Hall–Kier alpha value is -1.85. The molecule has 1 unspecified atom stereocenters. The first kappa shape index (κ1) is 15.2. The number of nitrogens with zero attached hydrogens (tertiary/aromatic N) is 2. The molecule has 0 aromatic carbocycles. The fourth-order valence-corrected chi connectivity index (χ4v) is 1.90. The van der Waals surface area contributed by atoms with Crippen LogP contribution < -0.4 is 5.32 Å². The Labute approximate surface area is 113 Å². The summed E-state index contributed by atoms with van der Waals surface area (Å²) in [6, 6.07) is 0.128. The molecular formula is C13H21N3O3. The van der Waals surface area contributed by atoms with E-state index in [1.54, 1.807) is 11.5 Å². The number of methoxy groups -OCH3 is 1. The molecule has 0 aliphatic heterocycles. The quantitative estimate of drug-likeness (QED) is 0.788. The number of amides is 1. The number of aromatic nitrogens is 2. The molecule has 106 valence electrons. The molecule has 19 heavy (non-hydrogen) atoms. The van der Waals surface area contributed by atoms with Gasteiger partial charge in [0.25, 0.3) is 0 Å². The normalized spacial score (nSPS) is 12.0. The van der Waals surface area contributed by atoms with Crippen LogP contribution in [-0.4, -0.2) is 34.6 Å². The lowest BCUT2D eigenvalue weighted by Crippen LogP contribution is -2.35. The molecule has 6 heteroatoms. The summed E-state index contributed by atoms with van der Waals surface area (Å²) >= 11 is 0. The van der Waals surface area contributed by atoms with Crippen molar-refractivity contribution in [2.24, 2.45) is 0 Å². The van der Waals surface area contributed by atoms with Gasteiger partial charge in [-0.2, -0.15) is 0 Å². The van der Waals surface area contributed by atoms with Crippen LogP contribution in [0, 0.1) is 6.92 Å². The molecule has 6 nitrogen and oxygen atoms in total. The minimum Gasteiger partial charge on any atom is -0.464 e. The molecular weight excluding hydrogens is 246 g/mol. The van der Waals surface area contributed by atoms with Crippen molar-refractivity contribution in [2.45, 2.75) is 46.2 Å². The molecule has 0 aliphatic rings.